The predicted octanol–water partition coefficient (Wildman–Crippen LogP) is 4.69. The van der Waals surface area contributed by atoms with Crippen LogP contribution in [0, 0.1) is 0 Å². The van der Waals surface area contributed by atoms with Crippen molar-refractivity contribution < 1.29 is 9.53 Å². The number of ether oxygens (including phenoxy) is 1. The van der Waals surface area contributed by atoms with Gasteiger partial charge in [-0.25, -0.2) is 4.79 Å². The summed E-state index contributed by atoms with van der Waals surface area (Å²) in [4.78, 5) is 14.1. The van der Waals surface area contributed by atoms with Gasteiger partial charge in [0.25, 0.3) is 0 Å². The second kappa shape index (κ2) is 7.73. The van der Waals surface area contributed by atoms with Crippen LogP contribution in [0.3, 0.4) is 0 Å². The number of rotatable bonds is 5. The first-order valence-corrected chi connectivity index (χ1v) is 7.23. The maximum atomic E-state index is 12.3. The third-order valence-corrected chi connectivity index (χ3v) is 2.97. The predicted molar refractivity (Wildman–Crippen MR) is 83.3 cm³/mol. The van der Waals surface area contributed by atoms with Gasteiger partial charge in [-0.05, 0) is 40.2 Å². The van der Waals surface area contributed by atoms with Gasteiger partial charge in [0.2, 0.25) is 0 Å². The van der Waals surface area contributed by atoms with E-state index < -0.39 is 0 Å². The van der Waals surface area contributed by atoms with Gasteiger partial charge in [-0.15, -0.1) is 0 Å². The number of allylic oxidation sites excluding steroid dienone is 1. The lowest BCUT2D eigenvalue weighted by Crippen LogP contribution is -2.42. The topological polar surface area (TPSA) is 29.5 Å². The minimum absolute atomic E-state index is 0.112. The highest BCUT2D eigenvalue weighted by molar-refractivity contribution is 5.77. The Balaban J connectivity index is 2.92. The number of nitrogens with zero attached hydrogens (tertiary/aromatic N) is 1. The van der Waals surface area contributed by atoms with Gasteiger partial charge < -0.3 is 9.64 Å². The van der Waals surface area contributed by atoms with Crippen LogP contribution in [0.25, 0.3) is 5.76 Å². The van der Waals surface area contributed by atoms with E-state index in [-0.39, 0.29) is 18.2 Å². The van der Waals surface area contributed by atoms with E-state index in [2.05, 4.69) is 0 Å². The normalized spacial score (nSPS) is 11.8. The van der Waals surface area contributed by atoms with E-state index in [1.165, 1.54) is 0 Å². The summed E-state index contributed by atoms with van der Waals surface area (Å²) in [5.41, 5.74) is 0.926. The van der Waals surface area contributed by atoms with Crippen LogP contribution in [-0.2, 0) is 4.74 Å². The highest BCUT2D eigenvalue weighted by Gasteiger charge is 2.23. The molecule has 0 N–H and O–H groups in total. The second-order valence-corrected chi connectivity index (χ2v) is 5.31. The average Bonchev–Trinajstić information content (AvgIpc) is 2.38. The third-order valence-electron chi connectivity index (χ3n) is 2.97. The second-order valence-electron chi connectivity index (χ2n) is 5.31. The largest absolute Gasteiger partial charge is 0.415 e. The van der Waals surface area contributed by atoms with E-state index in [9.17, 15) is 4.79 Å². The molecule has 1 aromatic carbocycles. The number of carbonyl (C=O) groups excluding carboxylic acids is 1. The molecule has 0 fully saturated rings. The molecule has 0 aromatic heterocycles. The van der Waals surface area contributed by atoms with Crippen molar-refractivity contribution in [3.63, 3.8) is 0 Å². The molecule has 3 nitrogen and oxygen atoms in total. The number of carbonyl (C=O) groups is 1. The van der Waals surface area contributed by atoms with Crippen molar-refractivity contribution in [2.24, 2.45) is 0 Å². The molecule has 0 atom stereocenters. The molecule has 0 aliphatic carbocycles. The lowest BCUT2D eigenvalue weighted by molar-refractivity contribution is 0.114. The Labute approximate surface area is 122 Å². The van der Waals surface area contributed by atoms with Gasteiger partial charge in [0.1, 0.15) is 5.76 Å². The SMILES string of the molecule is CC/C=C(/OC(=O)N(C(C)C)C(C)C)c1ccccc1. The van der Waals surface area contributed by atoms with Crippen LogP contribution >= 0.6 is 0 Å². The van der Waals surface area contributed by atoms with Crippen LogP contribution < -0.4 is 0 Å². The Bertz CT molecular complexity index is 441. The van der Waals surface area contributed by atoms with Gasteiger partial charge in [-0.3, -0.25) is 0 Å². The molecule has 0 heterocycles. The van der Waals surface area contributed by atoms with Crippen molar-refractivity contribution in [1.29, 1.82) is 0 Å². The van der Waals surface area contributed by atoms with Gasteiger partial charge in [-0.2, -0.15) is 0 Å². The van der Waals surface area contributed by atoms with Crippen molar-refractivity contribution in [2.75, 3.05) is 0 Å². The smallest absolute Gasteiger partial charge is 0.410 e. The Morgan fingerprint density at radius 3 is 2.15 bits per heavy atom. The van der Waals surface area contributed by atoms with E-state index in [0.717, 1.165) is 12.0 Å². The fourth-order valence-corrected chi connectivity index (χ4v) is 2.17. The zero-order chi connectivity index (χ0) is 15.1. The summed E-state index contributed by atoms with van der Waals surface area (Å²) < 4.78 is 5.61. The first-order valence-electron chi connectivity index (χ1n) is 7.23. The molecule has 0 spiro atoms. The molecule has 0 aliphatic rings. The minimum Gasteiger partial charge on any atom is -0.410 e. The zero-order valence-electron chi connectivity index (χ0n) is 13.1. The van der Waals surface area contributed by atoms with E-state index >= 15 is 0 Å². The monoisotopic (exact) mass is 275 g/mol. The molecule has 1 aromatic rings. The Morgan fingerprint density at radius 1 is 1.15 bits per heavy atom. The van der Waals surface area contributed by atoms with Crippen molar-refractivity contribution in [3.8, 4) is 0 Å². The summed E-state index contributed by atoms with van der Waals surface area (Å²) in [5.74, 6) is 0.629. The molecule has 0 bridgehead atoms. The number of benzene rings is 1. The van der Waals surface area contributed by atoms with Gasteiger partial charge in [0.05, 0.1) is 0 Å². The van der Waals surface area contributed by atoms with Crippen LogP contribution in [0.4, 0.5) is 4.79 Å². The molecule has 0 saturated carbocycles. The Morgan fingerprint density at radius 2 is 1.70 bits per heavy atom. The summed E-state index contributed by atoms with van der Waals surface area (Å²) in [5, 5.41) is 0. The highest BCUT2D eigenvalue weighted by Crippen LogP contribution is 2.19. The molecule has 1 rings (SSSR count). The number of hydrogen-bond acceptors (Lipinski definition) is 2. The lowest BCUT2D eigenvalue weighted by atomic mass is 10.1. The molecular weight excluding hydrogens is 250 g/mol. The standard InChI is InChI=1S/C17H25NO2/c1-6-10-16(15-11-8-7-9-12-15)20-17(19)18(13(2)3)14(4)5/h7-14H,6H2,1-5H3/b16-10+. The fraction of sp³-hybridized carbons (Fsp3) is 0.471. The van der Waals surface area contributed by atoms with Crippen molar-refractivity contribution in [1.82, 2.24) is 4.90 Å². The Kier molecular flexibility index (Phi) is 6.29. The van der Waals surface area contributed by atoms with E-state index in [1.807, 2.05) is 71.0 Å². The van der Waals surface area contributed by atoms with Gasteiger partial charge >= 0.3 is 6.09 Å². The minimum atomic E-state index is -0.293. The molecular formula is C17H25NO2. The van der Waals surface area contributed by atoms with Crippen LogP contribution in [-0.4, -0.2) is 23.1 Å². The molecule has 1 amide bonds. The number of amides is 1. The first kappa shape index (κ1) is 16.3. The quantitative estimate of drug-likeness (QED) is 0.729. The zero-order valence-corrected chi connectivity index (χ0v) is 13.1. The molecule has 0 radical (unpaired) electrons. The van der Waals surface area contributed by atoms with Crippen LogP contribution in [0.5, 0.6) is 0 Å². The van der Waals surface area contributed by atoms with Crippen molar-refractivity contribution in [2.45, 2.75) is 53.1 Å². The van der Waals surface area contributed by atoms with E-state index in [1.54, 1.807) is 4.90 Å². The average molecular weight is 275 g/mol. The van der Waals surface area contributed by atoms with Gasteiger partial charge in [0.15, 0.2) is 0 Å². The first-order chi connectivity index (χ1) is 9.47. The maximum Gasteiger partial charge on any atom is 0.415 e. The van der Waals surface area contributed by atoms with Crippen LogP contribution in [0.2, 0.25) is 0 Å². The molecule has 20 heavy (non-hydrogen) atoms. The summed E-state index contributed by atoms with van der Waals surface area (Å²) in [7, 11) is 0. The highest BCUT2D eigenvalue weighted by atomic mass is 16.6. The number of hydrogen-bond donors (Lipinski definition) is 0. The van der Waals surface area contributed by atoms with Crippen LogP contribution in [0.15, 0.2) is 36.4 Å². The molecule has 110 valence electrons. The van der Waals surface area contributed by atoms with E-state index in [0.29, 0.717) is 5.76 Å². The molecule has 0 saturated heterocycles. The fourth-order valence-electron chi connectivity index (χ4n) is 2.17. The van der Waals surface area contributed by atoms with E-state index in [4.69, 9.17) is 4.74 Å². The summed E-state index contributed by atoms with van der Waals surface area (Å²) >= 11 is 0. The van der Waals surface area contributed by atoms with Crippen molar-refractivity contribution >= 4 is 11.9 Å². The van der Waals surface area contributed by atoms with Crippen molar-refractivity contribution in [3.05, 3.63) is 42.0 Å². The molecule has 3 heteroatoms. The summed E-state index contributed by atoms with van der Waals surface area (Å²) in [6.07, 6.45) is 2.46. The van der Waals surface area contributed by atoms with Gasteiger partial charge in [-0.1, -0.05) is 37.3 Å². The van der Waals surface area contributed by atoms with Gasteiger partial charge in [0, 0.05) is 17.6 Å². The lowest BCUT2D eigenvalue weighted by Gasteiger charge is -2.30. The Hall–Kier alpha value is -1.77. The summed E-state index contributed by atoms with van der Waals surface area (Å²) in [6.45, 7) is 10.00. The van der Waals surface area contributed by atoms with Crippen LogP contribution in [0.1, 0.15) is 46.6 Å². The molecule has 0 aliphatic heterocycles. The summed E-state index contributed by atoms with van der Waals surface area (Å²) in [6, 6.07) is 9.95. The third kappa shape index (κ3) is 4.41. The maximum absolute atomic E-state index is 12.3. The molecule has 0 unspecified atom stereocenters.